The molecular weight excluding hydrogens is 414 g/mol. The van der Waals surface area contributed by atoms with Crippen LogP contribution >= 0.6 is 11.6 Å². The van der Waals surface area contributed by atoms with E-state index in [2.05, 4.69) is 4.98 Å². The number of benzene rings is 2. The molecule has 2 heterocycles. The second kappa shape index (κ2) is 6.91. The van der Waals surface area contributed by atoms with Crippen LogP contribution in [0.25, 0.3) is 16.9 Å². The molecule has 0 N–H and O–H groups in total. The molecular formula is C21H15ClF2N4O2. The number of nitrogens with zero attached hydrogens (tertiary/aromatic N) is 4. The molecule has 0 unspecified atom stereocenters. The van der Waals surface area contributed by atoms with E-state index in [1.54, 1.807) is 16.7 Å². The summed E-state index contributed by atoms with van der Waals surface area (Å²) >= 11 is 6.25. The quantitative estimate of drug-likeness (QED) is 0.498. The number of hydrogen-bond acceptors (Lipinski definition) is 3. The monoisotopic (exact) mass is 428 g/mol. The zero-order valence-corrected chi connectivity index (χ0v) is 16.3. The lowest BCUT2D eigenvalue weighted by Gasteiger charge is -2.13. The lowest BCUT2D eigenvalue weighted by molar-refractivity contribution is 0.570. The first-order valence-corrected chi connectivity index (χ1v) is 9.74. The van der Waals surface area contributed by atoms with Crippen molar-refractivity contribution in [2.75, 3.05) is 0 Å². The van der Waals surface area contributed by atoms with Gasteiger partial charge in [-0.3, -0.25) is 9.36 Å². The Morgan fingerprint density at radius 1 is 1.10 bits per heavy atom. The summed E-state index contributed by atoms with van der Waals surface area (Å²) in [7, 11) is 0. The van der Waals surface area contributed by atoms with Gasteiger partial charge in [0.25, 0.3) is 5.56 Å². The third-order valence-corrected chi connectivity index (χ3v) is 5.58. The van der Waals surface area contributed by atoms with Gasteiger partial charge >= 0.3 is 5.69 Å². The largest absolute Gasteiger partial charge is 0.337 e. The minimum Gasteiger partial charge on any atom is -0.320 e. The third-order valence-electron chi connectivity index (χ3n) is 5.21. The van der Waals surface area contributed by atoms with Crippen molar-refractivity contribution in [1.29, 1.82) is 0 Å². The smallest absolute Gasteiger partial charge is 0.320 e. The molecule has 1 aliphatic carbocycles. The van der Waals surface area contributed by atoms with Gasteiger partial charge in [-0.2, -0.15) is 0 Å². The molecule has 2 aromatic carbocycles. The van der Waals surface area contributed by atoms with Gasteiger partial charge in [0, 0.05) is 17.1 Å². The standard InChI is InChI=1S/C21H15ClF2N4O2/c22-15-4-2-1-3-12(15)10-26-11-25-19-18(26)20(29)27(14-6-7-14)21(30)28(19)17-8-5-13(23)9-16(17)24/h1-5,8-9,11,14H,6-7,10H2. The molecule has 0 radical (unpaired) electrons. The Balaban J connectivity index is 1.81. The Bertz CT molecular complexity index is 1420. The fourth-order valence-electron chi connectivity index (χ4n) is 3.62. The number of halogens is 3. The molecule has 0 saturated heterocycles. The van der Waals surface area contributed by atoms with Gasteiger partial charge in [-0.15, -0.1) is 0 Å². The van der Waals surface area contributed by atoms with Crippen LogP contribution in [-0.2, 0) is 6.54 Å². The number of imidazole rings is 1. The van der Waals surface area contributed by atoms with E-state index in [1.165, 1.54) is 12.4 Å². The molecule has 5 rings (SSSR count). The van der Waals surface area contributed by atoms with Crippen molar-refractivity contribution in [3.05, 3.63) is 91.9 Å². The Morgan fingerprint density at radius 2 is 1.87 bits per heavy atom. The SMILES string of the molecule is O=c1c2c(ncn2Cc2ccccc2Cl)n(-c2ccc(F)cc2F)c(=O)n1C1CC1. The summed E-state index contributed by atoms with van der Waals surface area (Å²) < 4.78 is 31.8. The van der Waals surface area contributed by atoms with Gasteiger partial charge in [0.15, 0.2) is 11.2 Å². The van der Waals surface area contributed by atoms with Crippen LogP contribution in [0.5, 0.6) is 0 Å². The summed E-state index contributed by atoms with van der Waals surface area (Å²) in [6.45, 7) is 0.250. The van der Waals surface area contributed by atoms with Crippen LogP contribution in [0, 0.1) is 11.6 Å². The average molecular weight is 429 g/mol. The predicted molar refractivity (Wildman–Crippen MR) is 108 cm³/mol. The van der Waals surface area contributed by atoms with Crippen molar-refractivity contribution in [2.45, 2.75) is 25.4 Å². The molecule has 4 aromatic rings. The Labute approximate surface area is 173 Å². The Hall–Kier alpha value is -3.26. The highest BCUT2D eigenvalue weighted by molar-refractivity contribution is 6.31. The first-order chi connectivity index (χ1) is 14.5. The van der Waals surface area contributed by atoms with Crippen LogP contribution in [0.3, 0.4) is 0 Å². The van der Waals surface area contributed by atoms with Crippen molar-refractivity contribution in [3.63, 3.8) is 0 Å². The van der Waals surface area contributed by atoms with Gasteiger partial charge in [0.1, 0.15) is 11.6 Å². The highest BCUT2D eigenvalue weighted by Gasteiger charge is 2.31. The Morgan fingerprint density at radius 3 is 2.57 bits per heavy atom. The topological polar surface area (TPSA) is 61.8 Å². The molecule has 0 amide bonds. The van der Waals surface area contributed by atoms with Gasteiger partial charge in [-0.1, -0.05) is 29.8 Å². The summed E-state index contributed by atoms with van der Waals surface area (Å²) in [5, 5.41) is 0.528. The lowest BCUT2D eigenvalue weighted by atomic mass is 10.2. The van der Waals surface area contributed by atoms with E-state index >= 15 is 0 Å². The first-order valence-electron chi connectivity index (χ1n) is 9.37. The second-order valence-corrected chi connectivity index (χ2v) is 7.66. The van der Waals surface area contributed by atoms with Crippen LogP contribution in [0.15, 0.2) is 58.4 Å². The van der Waals surface area contributed by atoms with Gasteiger partial charge < -0.3 is 4.57 Å². The number of hydrogen-bond donors (Lipinski definition) is 0. The highest BCUT2D eigenvalue weighted by atomic mass is 35.5. The first kappa shape index (κ1) is 18.7. The van der Waals surface area contributed by atoms with Crippen molar-refractivity contribution in [1.82, 2.24) is 18.7 Å². The van der Waals surface area contributed by atoms with Gasteiger partial charge in [0.05, 0.1) is 18.6 Å². The summed E-state index contributed by atoms with van der Waals surface area (Å²) in [6, 6.07) is 9.86. The van der Waals surface area contributed by atoms with E-state index < -0.39 is 22.9 Å². The van der Waals surface area contributed by atoms with Crippen LogP contribution < -0.4 is 11.2 Å². The summed E-state index contributed by atoms with van der Waals surface area (Å²) in [6.07, 6.45) is 2.79. The minimum absolute atomic E-state index is 0.0134. The van der Waals surface area contributed by atoms with Crippen LogP contribution in [-0.4, -0.2) is 18.7 Å². The molecule has 0 atom stereocenters. The summed E-state index contributed by atoms with van der Waals surface area (Å²) in [4.78, 5) is 30.6. The maximum atomic E-state index is 14.6. The molecule has 0 bridgehead atoms. The van der Waals surface area contributed by atoms with Crippen molar-refractivity contribution < 1.29 is 8.78 Å². The van der Waals surface area contributed by atoms with E-state index in [9.17, 15) is 18.4 Å². The zero-order chi connectivity index (χ0) is 21.0. The van der Waals surface area contributed by atoms with E-state index in [4.69, 9.17) is 11.6 Å². The van der Waals surface area contributed by atoms with E-state index in [1.807, 2.05) is 12.1 Å². The lowest BCUT2D eigenvalue weighted by Crippen LogP contribution is -2.40. The predicted octanol–water partition coefficient (Wildman–Crippen LogP) is 3.66. The van der Waals surface area contributed by atoms with Crippen LogP contribution in [0.2, 0.25) is 5.02 Å². The normalized spacial score (nSPS) is 13.8. The van der Waals surface area contributed by atoms with Gasteiger partial charge in [-0.25, -0.2) is 23.1 Å². The fraction of sp³-hybridized carbons (Fsp3) is 0.190. The molecule has 30 heavy (non-hydrogen) atoms. The minimum atomic E-state index is -0.917. The second-order valence-electron chi connectivity index (χ2n) is 7.26. The van der Waals surface area contributed by atoms with Crippen LogP contribution in [0.4, 0.5) is 8.78 Å². The number of rotatable bonds is 4. The molecule has 152 valence electrons. The summed E-state index contributed by atoms with van der Waals surface area (Å²) in [5.41, 5.74) is -0.403. The van der Waals surface area contributed by atoms with Crippen molar-refractivity contribution >= 4 is 22.8 Å². The van der Waals surface area contributed by atoms with Gasteiger partial charge in [0.2, 0.25) is 0 Å². The van der Waals surface area contributed by atoms with E-state index in [0.29, 0.717) is 23.9 Å². The van der Waals surface area contributed by atoms with Crippen molar-refractivity contribution in [2.24, 2.45) is 0 Å². The van der Waals surface area contributed by atoms with Crippen LogP contribution in [0.1, 0.15) is 24.4 Å². The Kier molecular flexibility index (Phi) is 4.32. The number of fused-ring (bicyclic) bond motifs is 1. The number of aromatic nitrogens is 4. The average Bonchev–Trinajstić information content (AvgIpc) is 3.45. The highest BCUT2D eigenvalue weighted by Crippen LogP contribution is 2.33. The molecule has 1 aliphatic rings. The summed E-state index contributed by atoms with van der Waals surface area (Å²) in [5.74, 6) is -1.68. The molecule has 9 heteroatoms. The molecule has 0 spiro atoms. The maximum Gasteiger partial charge on any atom is 0.337 e. The molecule has 1 fully saturated rings. The third kappa shape index (κ3) is 2.95. The fourth-order valence-corrected chi connectivity index (χ4v) is 3.81. The van der Waals surface area contributed by atoms with Crippen molar-refractivity contribution in [3.8, 4) is 5.69 Å². The molecule has 1 saturated carbocycles. The van der Waals surface area contributed by atoms with E-state index in [-0.39, 0.29) is 29.4 Å². The zero-order valence-electron chi connectivity index (χ0n) is 15.6. The van der Waals surface area contributed by atoms with Gasteiger partial charge in [-0.05, 0) is 36.6 Å². The molecule has 2 aromatic heterocycles. The molecule has 0 aliphatic heterocycles. The van der Waals surface area contributed by atoms with E-state index in [0.717, 1.165) is 20.8 Å². The molecule has 6 nitrogen and oxygen atoms in total. The maximum absolute atomic E-state index is 14.6.